The predicted octanol–water partition coefficient (Wildman–Crippen LogP) is 0.765. The monoisotopic (exact) mass is 129 g/mol. The van der Waals surface area contributed by atoms with Crippen LogP contribution < -0.4 is 5.32 Å². The fourth-order valence-corrected chi connectivity index (χ4v) is 0.384. The number of nitrogens with one attached hydrogen (secondary N) is 1. The summed E-state index contributed by atoms with van der Waals surface area (Å²) in [6.07, 6.45) is 1.39. The number of rotatable bonds is 3. The van der Waals surface area contributed by atoms with Crippen LogP contribution in [0, 0.1) is 0 Å². The number of aliphatic hydroxyl groups is 1. The molecule has 52 valence electrons. The molecule has 0 fully saturated rings. The smallest absolute Gasteiger partial charge is 0.189 e. The van der Waals surface area contributed by atoms with Crippen LogP contribution in [0.2, 0.25) is 0 Å². The Labute approximate surface area is 54.6 Å². The molecule has 0 radical (unpaired) electrons. The molecule has 3 nitrogen and oxygen atoms in total. The van der Waals surface area contributed by atoms with E-state index < -0.39 is 0 Å². The topological polar surface area (TPSA) is 41.5 Å². The Morgan fingerprint density at radius 3 is 2.44 bits per heavy atom. The highest BCUT2D eigenvalue weighted by Gasteiger charge is 1.88. The Hall–Kier alpha value is -1.12. The first kappa shape index (κ1) is 7.88. The van der Waals surface area contributed by atoms with Crippen molar-refractivity contribution in [2.45, 2.75) is 0 Å². The van der Waals surface area contributed by atoms with Crippen LogP contribution in [-0.4, -0.2) is 19.3 Å². The summed E-state index contributed by atoms with van der Waals surface area (Å²) in [6.45, 7) is 3.25. The Bertz CT molecular complexity index is 123. The van der Waals surface area contributed by atoms with Crippen LogP contribution in [0.15, 0.2) is 24.3 Å². The summed E-state index contributed by atoms with van der Waals surface area (Å²) in [5, 5.41) is 11.3. The molecule has 2 N–H and O–H groups in total. The second-order valence-electron chi connectivity index (χ2n) is 1.45. The zero-order valence-electron chi connectivity index (χ0n) is 5.64. The number of hydrogen-bond acceptors (Lipinski definition) is 3. The van der Waals surface area contributed by atoms with Gasteiger partial charge in [-0.15, -0.1) is 0 Å². The molecule has 0 spiro atoms. The molecule has 0 bridgehead atoms. The third kappa shape index (κ3) is 3.46. The summed E-state index contributed by atoms with van der Waals surface area (Å²) in [6, 6.07) is 0. The lowest BCUT2D eigenvalue weighted by atomic mass is 10.5. The van der Waals surface area contributed by atoms with Crippen molar-refractivity contribution in [3.8, 4) is 0 Å². The van der Waals surface area contributed by atoms with Gasteiger partial charge in [-0.2, -0.15) is 0 Å². The van der Waals surface area contributed by atoms with Crippen molar-refractivity contribution in [3.05, 3.63) is 24.3 Å². The number of aliphatic hydroxyl groups excluding tert-OH is 1. The Morgan fingerprint density at radius 2 is 2.33 bits per heavy atom. The number of ether oxygens (including phenoxy) is 1. The maximum Gasteiger partial charge on any atom is 0.189 e. The van der Waals surface area contributed by atoms with Gasteiger partial charge < -0.3 is 15.2 Å². The largest absolute Gasteiger partial charge is 0.508 e. The summed E-state index contributed by atoms with van der Waals surface area (Å²) >= 11 is 0. The lowest BCUT2D eigenvalue weighted by Gasteiger charge is -2.02. The van der Waals surface area contributed by atoms with Crippen molar-refractivity contribution in [3.63, 3.8) is 0 Å². The average Bonchev–Trinajstić information content (AvgIpc) is 1.82. The van der Waals surface area contributed by atoms with Gasteiger partial charge in [0, 0.05) is 13.1 Å². The normalized spacial score (nSPS) is 10.7. The minimum absolute atomic E-state index is 0.0267. The fraction of sp³-hybridized carbons (Fsp3) is 0.333. The van der Waals surface area contributed by atoms with Crippen LogP contribution in [0.25, 0.3) is 0 Å². The third-order valence-corrected chi connectivity index (χ3v) is 0.764. The molecule has 0 atom stereocenters. The van der Waals surface area contributed by atoms with Gasteiger partial charge >= 0.3 is 0 Å². The molecule has 0 aliphatic carbocycles. The van der Waals surface area contributed by atoms with Gasteiger partial charge in [0.05, 0.1) is 7.11 Å². The van der Waals surface area contributed by atoms with Crippen LogP contribution in [0.1, 0.15) is 0 Å². The van der Waals surface area contributed by atoms with Gasteiger partial charge in [0.2, 0.25) is 0 Å². The molecule has 0 aromatic carbocycles. The van der Waals surface area contributed by atoms with E-state index in [1.54, 1.807) is 7.05 Å². The molecule has 0 rings (SSSR count). The second-order valence-corrected chi connectivity index (χ2v) is 1.45. The minimum Gasteiger partial charge on any atom is -0.508 e. The van der Waals surface area contributed by atoms with E-state index in [4.69, 9.17) is 9.84 Å². The van der Waals surface area contributed by atoms with E-state index in [1.807, 2.05) is 0 Å². The second kappa shape index (κ2) is 3.83. The van der Waals surface area contributed by atoms with E-state index in [0.29, 0.717) is 5.88 Å². The number of methoxy groups -OCH3 is 1. The van der Waals surface area contributed by atoms with Crippen LogP contribution in [0.4, 0.5) is 0 Å². The van der Waals surface area contributed by atoms with Crippen molar-refractivity contribution in [2.75, 3.05) is 14.2 Å². The van der Waals surface area contributed by atoms with Gasteiger partial charge in [-0.1, -0.05) is 6.58 Å². The minimum atomic E-state index is -0.0267. The molecule has 0 saturated heterocycles. The van der Waals surface area contributed by atoms with E-state index in [2.05, 4.69) is 11.9 Å². The Morgan fingerprint density at radius 1 is 1.78 bits per heavy atom. The molecule has 3 heteroatoms. The van der Waals surface area contributed by atoms with Crippen molar-refractivity contribution in [2.24, 2.45) is 0 Å². The van der Waals surface area contributed by atoms with Crippen LogP contribution in [-0.2, 0) is 4.74 Å². The maximum absolute atomic E-state index is 8.59. The third-order valence-electron chi connectivity index (χ3n) is 0.764. The maximum atomic E-state index is 8.59. The summed E-state index contributed by atoms with van der Waals surface area (Å²) in [5.74, 6) is 0.462. The van der Waals surface area contributed by atoms with Gasteiger partial charge in [0.15, 0.2) is 5.88 Å². The first-order valence-corrected chi connectivity index (χ1v) is 2.52. The Balaban J connectivity index is 3.91. The van der Waals surface area contributed by atoms with Gasteiger partial charge in [-0.3, -0.25) is 0 Å². The first-order chi connectivity index (χ1) is 4.20. The molecule has 0 aliphatic heterocycles. The zero-order valence-corrected chi connectivity index (χ0v) is 5.64. The van der Waals surface area contributed by atoms with Crippen LogP contribution in [0.3, 0.4) is 0 Å². The van der Waals surface area contributed by atoms with Crippen LogP contribution in [0.5, 0.6) is 0 Å². The van der Waals surface area contributed by atoms with Crippen molar-refractivity contribution < 1.29 is 9.84 Å². The SMILES string of the molecule is C=C(O)/C=C(/NC)OC. The highest BCUT2D eigenvalue weighted by atomic mass is 16.5. The van der Waals surface area contributed by atoms with E-state index >= 15 is 0 Å². The molecule has 0 aliphatic rings. The first-order valence-electron chi connectivity index (χ1n) is 2.52. The standard InChI is InChI=1S/C6H11NO2/c1-5(8)4-6(7-2)9-3/h4,7-8H,1H2,2-3H3/b6-4-. The van der Waals surface area contributed by atoms with Gasteiger partial charge in [-0.25, -0.2) is 0 Å². The van der Waals surface area contributed by atoms with E-state index in [0.717, 1.165) is 0 Å². The van der Waals surface area contributed by atoms with Gasteiger partial charge in [-0.05, 0) is 0 Å². The molecule has 0 aromatic heterocycles. The van der Waals surface area contributed by atoms with E-state index in [9.17, 15) is 0 Å². The van der Waals surface area contributed by atoms with Gasteiger partial charge in [0.25, 0.3) is 0 Å². The van der Waals surface area contributed by atoms with Crippen molar-refractivity contribution >= 4 is 0 Å². The summed E-state index contributed by atoms with van der Waals surface area (Å²) < 4.78 is 4.74. The molecular weight excluding hydrogens is 118 g/mol. The molecular formula is C6H11NO2. The van der Waals surface area contributed by atoms with Crippen LogP contribution >= 0.6 is 0 Å². The summed E-state index contributed by atoms with van der Waals surface area (Å²) in [5.41, 5.74) is 0. The molecule has 0 aromatic rings. The van der Waals surface area contributed by atoms with Crippen molar-refractivity contribution in [1.29, 1.82) is 0 Å². The fourth-order valence-electron chi connectivity index (χ4n) is 0.384. The quantitative estimate of drug-likeness (QED) is 0.436. The highest BCUT2D eigenvalue weighted by molar-refractivity contribution is 5.08. The Kier molecular flexibility index (Phi) is 3.35. The predicted molar refractivity (Wildman–Crippen MR) is 35.9 cm³/mol. The summed E-state index contributed by atoms with van der Waals surface area (Å²) in [4.78, 5) is 0. The lowest BCUT2D eigenvalue weighted by Crippen LogP contribution is -2.07. The van der Waals surface area contributed by atoms with E-state index in [-0.39, 0.29) is 5.76 Å². The van der Waals surface area contributed by atoms with Crippen molar-refractivity contribution in [1.82, 2.24) is 5.32 Å². The molecule has 0 unspecified atom stereocenters. The molecule has 0 amide bonds. The highest BCUT2D eigenvalue weighted by Crippen LogP contribution is 1.92. The summed E-state index contributed by atoms with van der Waals surface area (Å²) in [7, 11) is 3.20. The molecule has 9 heavy (non-hydrogen) atoms. The van der Waals surface area contributed by atoms with Gasteiger partial charge in [0.1, 0.15) is 5.76 Å². The number of allylic oxidation sites excluding steroid dienone is 1. The average molecular weight is 129 g/mol. The zero-order chi connectivity index (χ0) is 7.28. The molecule has 0 heterocycles. The lowest BCUT2D eigenvalue weighted by molar-refractivity contribution is 0.265. The van der Waals surface area contributed by atoms with E-state index in [1.165, 1.54) is 13.2 Å². The molecule has 0 saturated carbocycles. The number of hydrogen-bond donors (Lipinski definition) is 2.